The summed E-state index contributed by atoms with van der Waals surface area (Å²) in [5.41, 5.74) is 9.11. The first-order valence-electron chi connectivity index (χ1n) is 7.64. The molecule has 112 valence electrons. The van der Waals surface area contributed by atoms with Crippen LogP contribution in [0.25, 0.3) is 0 Å². The molecular formula is C18H24N2O. The lowest BCUT2D eigenvalue weighted by Crippen LogP contribution is -2.01. The van der Waals surface area contributed by atoms with Crippen LogP contribution in [0.5, 0.6) is 11.6 Å². The largest absolute Gasteiger partial charge is 0.439 e. The molecule has 0 amide bonds. The second-order valence-corrected chi connectivity index (χ2v) is 5.34. The fraction of sp³-hybridized carbons (Fsp3) is 0.389. The first-order chi connectivity index (χ1) is 10.2. The number of ether oxygens (including phenoxy) is 1. The SMILES string of the molecule is CCc1cc(CN)cc(Oc2ccc(C(C)CC)cc2)n1. The number of nitrogens with two attached hydrogens (primary N) is 1. The van der Waals surface area contributed by atoms with Crippen LogP contribution in [-0.2, 0) is 13.0 Å². The Kier molecular flexibility index (Phi) is 5.34. The van der Waals surface area contributed by atoms with Gasteiger partial charge < -0.3 is 10.5 Å². The molecule has 1 atom stereocenters. The molecule has 1 aromatic heterocycles. The normalized spacial score (nSPS) is 12.2. The number of aromatic nitrogens is 1. The van der Waals surface area contributed by atoms with E-state index in [1.54, 1.807) is 0 Å². The molecule has 0 spiro atoms. The van der Waals surface area contributed by atoms with E-state index in [-0.39, 0.29) is 0 Å². The van der Waals surface area contributed by atoms with E-state index in [1.165, 1.54) is 5.56 Å². The molecule has 21 heavy (non-hydrogen) atoms. The summed E-state index contributed by atoms with van der Waals surface area (Å²) in [5.74, 6) is 2.00. The lowest BCUT2D eigenvalue weighted by molar-refractivity contribution is 0.459. The first kappa shape index (κ1) is 15.5. The van der Waals surface area contributed by atoms with Crippen molar-refractivity contribution in [3.05, 3.63) is 53.2 Å². The Balaban J connectivity index is 2.17. The zero-order chi connectivity index (χ0) is 15.2. The highest BCUT2D eigenvalue weighted by Gasteiger charge is 2.06. The smallest absolute Gasteiger partial charge is 0.219 e. The van der Waals surface area contributed by atoms with Crippen molar-refractivity contribution in [3.63, 3.8) is 0 Å². The summed E-state index contributed by atoms with van der Waals surface area (Å²) in [6, 6.07) is 12.2. The van der Waals surface area contributed by atoms with Crippen LogP contribution < -0.4 is 10.5 Å². The van der Waals surface area contributed by atoms with Crippen molar-refractivity contribution < 1.29 is 4.74 Å². The Labute approximate surface area is 127 Å². The van der Waals surface area contributed by atoms with Gasteiger partial charge in [-0.15, -0.1) is 0 Å². The molecular weight excluding hydrogens is 260 g/mol. The number of aryl methyl sites for hydroxylation is 1. The van der Waals surface area contributed by atoms with Crippen molar-refractivity contribution >= 4 is 0 Å². The quantitative estimate of drug-likeness (QED) is 0.854. The minimum Gasteiger partial charge on any atom is -0.439 e. The van der Waals surface area contributed by atoms with Crippen LogP contribution in [0.3, 0.4) is 0 Å². The first-order valence-corrected chi connectivity index (χ1v) is 7.64. The number of hydrogen-bond acceptors (Lipinski definition) is 3. The van der Waals surface area contributed by atoms with Crippen molar-refractivity contribution in [3.8, 4) is 11.6 Å². The van der Waals surface area contributed by atoms with Gasteiger partial charge in [-0.2, -0.15) is 0 Å². The zero-order valence-corrected chi connectivity index (χ0v) is 13.1. The van der Waals surface area contributed by atoms with E-state index in [1.807, 2.05) is 24.3 Å². The summed E-state index contributed by atoms with van der Waals surface area (Å²) < 4.78 is 5.87. The van der Waals surface area contributed by atoms with Crippen LogP contribution in [-0.4, -0.2) is 4.98 Å². The van der Waals surface area contributed by atoms with Crippen LogP contribution in [0, 0.1) is 0 Å². The lowest BCUT2D eigenvalue weighted by Gasteiger charge is -2.11. The standard InChI is InChI=1S/C18H24N2O/c1-4-13(3)15-6-8-17(9-7-15)21-18-11-14(12-19)10-16(5-2)20-18/h6-11,13H,4-5,12,19H2,1-3H3. The molecule has 0 fully saturated rings. The monoisotopic (exact) mass is 284 g/mol. The molecule has 0 aliphatic rings. The Morgan fingerprint density at radius 3 is 2.43 bits per heavy atom. The molecule has 3 nitrogen and oxygen atoms in total. The van der Waals surface area contributed by atoms with Gasteiger partial charge in [-0.05, 0) is 48.1 Å². The number of benzene rings is 1. The van der Waals surface area contributed by atoms with Crippen LogP contribution >= 0.6 is 0 Å². The molecule has 0 aliphatic carbocycles. The van der Waals surface area contributed by atoms with E-state index >= 15 is 0 Å². The van der Waals surface area contributed by atoms with Gasteiger partial charge in [-0.3, -0.25) is 0 Å². The van der Waals surface area contributed by atoms with Crippen molar-refractivity contribution in [2.24, 2.45) is 5.73 Å². The molecule has 0 aliphatic heterocycles. The van der Waals surface area contributed by atoms with Gasteiger partial charge in [0.15, 0.2) is 0 Å². The van der Waals surface area contributed by atoms with Crippen molar-refractivity contribution in [2.75, 3.05) is 0 Å². The van der Waals surface area contributed by atoms with Gasteiger partial charge in [0.25, 0.3) is 0 Å². The van der Waals surface area contributed by atoms with Gasteiger partial charge in [0.1, 0.15) is 5.75 Å². The fourth-order valence-electron chi connectivity index (χ4n) is 2.19. The molecule has 1 unspecified atom stereocenters. The summed E-state index contributed by atoms with van der Waals surface area (Å²) in [7, 11) is 0. The molecule has 0 radical (unpaired) electrons. The fourth-order valence-corrected chi connectivity index (χ4v) is 2.19. The summed E-state index contributed by atoms with van der Waals surface area (Å²) in [6.45, 7) is 7.01. The molecule has 0 bridgehead atoms. The van der Waals surface area contributed by atoms with Crippen LogP contribution in [0.2, 0.25) is 0 Å². The topological polar surface area (TPSA) is 48.1 Å². The molecule has 1 aromatic carbocycles. The maximum absolute atomic E-state index is 5.87. The van der Waals surface area contributed by atoms with Crippen LogP contribution in [0.1, 0.15) is 49.9 Å². The molecule has 1 heterocycles. The van der Waals surface area contributed by atoms with Crippen molar-refractivity contribution in [1.82, 2.24) is 4.98 Å². The van der Waals surface area contributed by atoms with Crippen LogP contribution in [0.4, 0.5) is 0 Å². The Morgan fingerprint density at radius 1 is 1.14 bits per heavy atom. The molecule has 2 aromatic rings. The van der Waals surface area contributed by atoms with Crippen LogP contribution in [0.15, 0.2) is 36.4 Å². The molecule has 2 N–H and O–H groups in total. The maximum atomic E-state index is 5.87. The minimum atomic E-state index is 0.499. The molecule has 0 saturated carbocycles. The minimum absolute atomic E-state index is 0.499. The Bertz CT molecular complexity index is 556. The number of pyridine rings is 1. The molecule has 0 saturated heterocycles. The van der Waals surface area contributed by atoms with E-state index < -0.39 is 0 Å². The van der Waals surface area contributed by atoms with E-state index in [9.17, 15) is 0 Å². The number of hydrogen-bond donors (Lipinski definition) is 1. The van der Waals surface area contributed by atoms with Crippen molar-refractivity contribution in [1.29, 1.82) is 0 Å². The number of nitrogens with zero attached hydrogens (tertiary/aromatic N) is 1. The van der Waals surface area contributed by atoms with Gasteiger partial charge >= 0.3 is 0 Å². The third kappa shape index (κ3) is 4.05. The predicted octanol–water partition coefficient (Wildman–Crippen LogP) is 4.41. The highest BCUT2D eigenvalue weighted by atomic mass is 16.5. The van der Waals surface area contributed by atoms with Gasteiger partial charge in [0.05, 0.1) is 0 Å². The predicted molar refractivity (Wildman–Crippen MR) is 86.7 cm³/mol. The van der Waals surface area contributed by atoms with E-state index in [0.717, 1.165) is 29.8 Å². The van der Waals surface area contributed by atoms with E-state index in [0.29, 0.717) is 18.3 Å². The van der Waals surface area contributed by atoms with Gasteiger partial charge in [0, 0.05) is 18.3 Å². The summed E-state index contributed by atoms with van der Waals surface area (Å²) in [5, 5.41) is 0. The maximum Gasteiger partial charge on any atom is 0.219 e. The average Bonchev–Trinajstić information content (AvgIpc) is 2.54. The zero-order valence-electron chi connectivity index (χ0n) is 13.1. The van der Waals surface area contributed by atoms with Crippen molar-refractivity contribution in [2.45, 2.75) is 46.1 Å². The second kappa shape index (κ2) is 7.23. The third-order valence-corrected chi connectivity index (χ3v) is 3.80. The second-order valence-electron chi connectivity index (χ2n) is 5.34. The van der Waals surface area contributed by atoms with E-state index in [2.05, 4.69) is 37.9 Å². The Morgan fingerprint density at radius 2 is 1.86 bits per heavy atom. The molecule has 3 heteroatoms. The van der Waals surface area contributed by atoms with E-state index in [4.69, 9.17) is 10.5 Å². The van der Waals surface area contributed by atoms with Gasteiger partial charge in [0.2, 0.25) is 5.88 Å². The molecule has 2 rings (SSSR count). The summed E-state index contributed by atoms with van der Waals surface area (Å²) >= 11 is 0. The number of rotatable bonds is 6. The Hall–Kier alpha value is -1.87. The highest BCUT2D eigenvalue weighted by Crippen LogP contribution is 2.25. The average molecular weight is 284 g/mol. The summed E-state index contributed by atoms with van der Waals surface area (Å²) in [6.07, 6.45) is 2.01. The third-order valence-electron chi connectivity index (χ3n) is 3.80. The lowest BCUT2D eigenvalue weighted by atomic mass is 9.99. The van der Waals surface area contributed by atoms with Gasteiger partial charge in [-0.25, -0.2) is 4.98 Å². The highest BCUT2D eigenvalue weighted by molar-refractivity contribution is 5.33. The summed E-state index contributed by atoms with van der Waals surface area (Å²) in [4.78, 5) is 4.49. The van der Waals surface area contributed by atoms with Gasteiger partial charge in [-0.1, -0.05) is 32.9 Å².